The lowest BCUT2D eigenvalue weighted by Crippen LogP contribution is -2.14. The maximum Gasteiger partial charge on any atom is 0.341 e. The summed E-state index contributed by atoms with van der Waals surface area (Å²) in [5.74, 6) is -3.85. The van der Waals surface area contributed by atoms with Crippen molar-refractivity contribution in [1.29, 1.82) is 0 Å². The van der Waals surface area contributed by atoms with Crippen molar-refractivity contribution in [3.63, 3.8) is 0 Å². The van der Waals surface area contributed by atoms with Gasteiger partial charge in [0.15, 0.2) is 0 Å². The molecule has 164 valence electrons. The molecule has 0 spiro atoms. The van der Waals surface area contributed by atoms with Crippen molar-refractivity contribution < 1.29 is 26.4 Å². The van der Waals surface area contributed by atoms with E-state index in [0.29, 0.717) is 28.1 Å². The molecule has 0 saturated heterocycles. The number of rotatable bonds is 6. The monoisotopic (exact) mass is 459 g/mol. The second kappa shape index (κ2) is 8.46. The van der Waals surface area contributed by atoms with Gasteiger partial charge in [0.05, 0.1) is 15.9 Å². The molecule has 0 atom stereocenters. The van der Waals surface area contributed by atoms with Gasteiger partial charge < -0.3 is 10.3 Å². The molecule has 0 aliphatic heterocycles. The third-order valence-corrected chi connectivity index (χ3v) is 6.18. The molecule has 1 heterocycles. The first-order valence-corrected chi connectivity index (χ1v) is 10.9. The number of sulfone groups is 1. The molecule has 10 heteroatoms. The number of nitrogens with zero attached hydrogens (tertiary/aromatic N) is 1. The molecular formula is C22H16F3N3O3S. The number of anilines is 1. The van der Waals surface area contributed by atoms with E-state index in [9.17, 15) is 26.4 Å². The van der Waals surface area contributed by atoms with E-state index in [-0.39, 0.29) is 17.8 Å². The topological polar surface area (TPSA) is 91.9 Å². The third-order valence-electron chi connectivity index (χ3n) is 4.78. The van der Waals surface area contributed by atoms with E-state index < -0.39 is 26.4 Å². The number of imidazole rings is 1. The molecule has 6 nitrogen and oxygen atoms in total. The summed E-state index contributed by atoms with van der Waals surface area (Å²) in [7, 11) is -4.73. The molecule has 0 fully saturated rings. The van der Waals surface area contributed by atoms with Crippen LogP contribution in [0.1, 0.15) is 21.7 Å². The smallest absolute Gasteiger partial charge is 0.341 e. The van der Waals surface area contributed by atoms with Crippen LogP contribution in [-0.4, -0.2) is 30.1 Å². The Morgan fingerprint density at radius 1 is 1.03 bits per heavy atom. The number of fused-ring (bicyclic) bond motifs is 1. The standard InChI is InChI=1S/C22H16F3N3O3S/c23-17-4-2-1-3-14(17)11-20-27-18-10-7-15(12-19(18)28-20)26-21(29)13-5-8-16(9-6-13)32(30,31)22(24)25/h1-10,12,22H,11H2,(H,26,29)(H,27,28). The summed E-state index contributed by atoms with van der Waals surface area (Å²) in [5, 5.41) is 2.66. The molecule has 0 radical (unpaired) electrons. The minimum absolute atomic E-state index is 0.100. The molecule has 1 aromatic heterocycles. The Bertz CT molecular complexity index is 1400. The van der Waals surface area contributed by atoms with Gasteiger partial charge in [-0.3, -0.25) is 4.79 Å². The Labute approximate surface area is 181 Å². The number of nitrogens with one attached hydrogen (secondary N) is 2. The number of carbonyl (C=O) groups excluding carboxylic acids is 1. The molecule has 0 unspecified atom stereocenters. The van der Waals surface area contributed by atoms with Crippen LogP contribution in [0.2, 0.25) is 0 Å². The largest absolute Gasteiger partial charge is 0.342 e. The lowest BCUT2D eigenvalue weighted by molar-refractivity contribution is 0.102. The number of hydrogen-bond donors (Lipinski definition) is 2. The van der Waals surface area contributed by atoms with Crippen molar-refractivity contribution >= 4 is 32.5 Å². The Morgan fingerprint density at radius 2 is 1.75 bits per heavy atom. The summed E-state index contributed by atoms with van der Waals surface area (Å²) in [5.41, 5.74) is 2.30. The highest BCUT2D eigenvalue weighted by atomic mass is 32.2. The number of hydrogen-bond acceptors (Lipinski definition) is 4. The lowest BCUT2D eigenvalue weighted by atomic mass is 10.1. The number of amides is 1. The third kappa shape index (κ3) is 4.35. The summed E-state index contributed by atoms with van der Waals surface area (Å²) < 4.78 is 62.1. The number of carbonyl (C=O) groups is 1. The van der Waals surface area contributed by atoms with Crippen molar-refractivity contribution in [2.24, 2.45) is 0 Å². The minimum atomic E-state index is -4.73. The molecule has 0 aliphatic carbocycles. The lowest BCUT2D eigenvalue weighted by Gasteiger charge is -2.07. The predicted molar refractivity (Wildman–Crippen MR) is 113 cm³/mol. The van der Waals surface area contributed by atoms with Gasteiger partial charge in [0.2, 0.25) is 9.84 Å². The fourth-order valence-electron chi connectivity index (χ4n) is 3.15. The SMILES string of the molecule is O=C(Nc1ccc2nc(Cc3ccccc3F)[nH]c2c1)c1ccc(S(=O)(=O)C(F)F)cc1. The van der Waals surface area contributed by atoms with Crippen LogP contribution in [-0.2, 0) is 16.3 Å². The van der Waals surface area contributed by atoms with Crippen LogP contribution < -0.4 is 5.32 Å². The summed E-state index contributed by atoms with van der Waals surface area (Å²) in [6, 6.07) is 15.6. The van der Waals surface area contributed by atoms with Gasteiger partial charge in [0, 0.05) is 17.7 Å². The van der Waals surface area contributed by atoms with Crippen LogP contribution in [0, 0.1) is 5.82 Å². The van der Waals surface area contributed by atoms with Gasteiger partial charge in [0.25, 0.3) is 5.91 Å². The molecule has 0 saturated carbocycles. The molecule has 0 aliphatic rings. The number of aromatic amines is 1. The maximum atomic E-state index is 13.9. The van der Waals surface area contributed by atoms with Crippen molar-refractivity contribution in [2.45, 2.75) is 17.1 Å². The highest BCUT2D eigenvalue weighted by Gasteiger charge is 2.26. The first-order valence-electron chi connectivity index (χ1n) is 9.39. The summed E-state index contributed by atoms with van der Waals surface area (Å²) >= 11 is 0. The first-order chi connectivity index (χ1) is 15.2. The fourth-order valence-corrected chi connectivity index (χ4v) is 3.87. The fraction of sp³-hybridized carbons (Fsp3) is 0.0909. The molecule has 2 N–H and O–H groups in total. The summed E-state index contributed by atoms with van der Waals surface area (Å²) in [6.07, 6.45) is 0.275. The Balaban J connectivity index is 1.50. The van der Waals surface area contributed by atoms with E-state index in [1.54, 1.807) is 36.4 Å². The van der Waals surface area contributed by atoms with Gasteiger partial charge in [0.1, 0.15) is 11.6 Å². The number of halogens is 3. The van der Waals surface area contributed by atoms with Gasteiger partial charge in [-0.1, -0.05) is 18.2 Å². The zero-order valence-corrected chi connectivity index (χ0v) is 17.2. The van der Waals surface area contributed by atoms with Crippen LogP contribution in [0.15, 0.2) is 71.6 Å². The Kier molecular flexibility index (Phi) is 5.70. The Morgan fingerprint density at radius 3 is 2.44 bits per heavy atom. The second-order valence-corrected chi connectivity index (χ2v) is 8.89. The van der Waals surface area contributed by atoms with Crippen LogP contribution in [0.5, 0.6) is 0 Å². The zero-order valence-electron chi connectivity index (χ0n) is 16.3. The van der Waals surface area contributed by atoms with Gasteiger partial charge in [-0.15, -0.1) is 0 Å². The van der Waals surface area contributed by atoms with E-state index in [4.69, 9.17) is 0 Å². The first kappa shape index (κ1) is 21.6. The van der Waals surface area contributed by atoms with Crippen LogP contribution in [0.25, 0.3) is 11.0 Å². The molecule has 0 bridgehead atoms. The minimum Gasteiger partial charge on any atom is -0.342 e. The number of aromatic nitrogens is 2. The van der Waals surface area contributed by atoms with E-state index in [1.165, 1.54) is 6.07 Å². The molecule has 4 aromatic rings. The number of H-pyrrole nitrogens is 1. The highest BCUT2D eigenvalue weighted by molar-refractivity contribution is 7.91. The van der Waals surface area contributed by atoms with Crippen molar-refractivity contribution in [3.8, 4) is 0 Å². The van der Waals surface area contributed by atoms with Crippen LogP contribution in [0.4, 0.5) is 18.9 Å². The average Bonchev–Trinajstić information content (AvgIpc) is 3.17. The van der Waals surface area contributed by atoms with E-state index in [1.807, 2.05) is 0 Å². The van der Waals surface area contributed by atoms with Gasteiger partial charge in [-0.05, 0) is 54.1 Å². The zero-order chi connectivity index (χ0) is 22.9. The quantitative estimate of drug-likeness (QED) is 0.443. The van der Waals surface area contributed by atoms with E-state index in [2.05, 4.69) is 15.3 Å². The molecule has 1 amide bonds. The van der Waals surface area contributed by atoms with Crippen LogP contribution >= 0.6 is 0 Å². The van der Waals surface area contributed by atoms with E-state index in [0.717, 1.165) is 24.3 Å². The molecule has 3 aromatic carbocycles. The highest BCUT2D eigenvalue weighted by Crippen LogP contribution is 2.22. The van der Waals surface area contributed by atoms with E-state index >= 15 is 0 Å². The molecule has 4 rings (SSSR count). The van der Waals surface area contributed by atoms with Crippen LogP contribution in [0.3, 0.4) is 0 Å². The molecule has 32 heavy (non-hydrogen) atoms. The normalized spacial score (nSPS) is 11.8. The van der Waals surface area contributed by atoms with Crippen molar-refractivity contribution in [1.82, 2.24) is 9.97 Å². The van der Waals surface area contributed by atoms with Gasteiger partial charge in [-0.25, -0.2) is 17.8 Å². The summed E-state index contributed by atoms with van der Waals surface area (Å²) in [6.45, 7) is 0. The maximum absolute atomic E-state index is 13.9. The number of alkyl halides is 2. The van der Waals surface area contributed by atoms with Crippen molar-refractivity contribution in [3.05, 3.63) is 89.5 Å². The molecular weight excluding hydrogens is 443 g/mol. The summed E-state index contributed by atoms with van der Waals surface area (Å²) in [4.78, 5) is 19.4. The second-order valence-electron chi connectivity index (χ2n) is 6.97. The van der Waals surface area contributed by atoms with Gasteiger partial charge in [-0.2, -0.15) is 8.78 Å². The van der Waals surface area contributed by atoms with Gasteiger partial charge >= 0.3 is 5.76 Å². The predicted octanol–water partition coefficient (Wildman–Crippen LogP) is 4.54. The average molecular weight is 459 g/mol. The Hall–Kier alpha value is -3.66. The number of benzene rings is 3. The van der Waals surface area contributed by atoms with Crippen molar-refractivity contribution in [2.75, 3.05) is 5.32 Å².